The van der Waals surface area contributed by atoms with Gasteiger partial charge in [0, 0.05) is 4.90 Å². The van der Waals surface area contributed by atoms with Crippen molar-refractivity contribution in [3.63, 3.8) is 0 Å². The van der Waals surface area contributed by atoms with Crippen LogP contribution in [0.3, 0.4) is 0 Å². The van der Waals surface area contributed by atoms with Crippen LogP contribution in [0.4, 0.5) is 0 Å². The Morgan fingerprint density at radius 3 is 2.31 bits per heavy atom. The van der Waals surface area contributed by atoms with Gasteiger partial charge in [-0.25, -0.2) is 0 Å². The van der Waals surface area contributed by atoms with Crippen LogP contribution in [0.5, 0.6) is 5.75 Å². The fraction of sp³-hybridized carbons (Fsp3) is 0.400. The molecule has 0 aliphatic rings. The Kier molecular flexibility index (Phi) is 4.87. The summed E-state index contributed by atoms with van der Waals surface area (Å²) in [6.45, 7) is 3.50. The molecule has 4 nitrogen and oxygen atoms in total. The van der Waals surface area contributed by atoms with Gasteiger partial charge in [0.1, 0.15) is 10.7 Å². The summed E-state index contributed by atoms with van der Waals surface area (Å²) >= 11 is 1.38. The molecule has 1 unspecified atom stereocenters. The van der Waals surface area contributed by atoms with E-state index >= 15 is 0 Å². The van der Waals surface area contributed by atoms with Crippen molar-refractivity contribution in [1.29, 1.82) is 0 Å². The molecule has 1 atom stereocenters. The van der Waals surface area contributed by atoms with Crippen LogP contribution in [-0.4, -0.2) is 16.9 Å². The standard InChI is InChI=1S/C10H15O4PS/c1-10(2,14-15(11)12)16-9-6-4-8(13-3)5-7-9/h4-7,15H,1-3H3,(H,11,12). The zero-order valence-corrected chi connectivity index (χ0v) is 11.2. The van der Waals surface area contributed by atoms with Crippen LogP contribution in [-0.2, 0) is 9.09 Å². The molecule has 0 bridgehead atoms. The Bertz CT molecular complexity index is 364. The lowest BCUT2D eigenvalue weighted by Gasteiger charge is -2.22. The first-order valence-electron chi connectivity index (χ1n) is 4.68. The monoisotopic (exact) mass is 262 g/mol. The van der Waals surface area contributed by atoms with Crippen molar-refractivity contribution in [3.8, 4) is 5.75 Å². The first kappa shape index (κ1) is 13.6. The zero-order valence-electron chi connectivity index (χ0n) is 9.39. The Morgan fingerprint density at radius 1 is 1.31 bits per heavy atom. The van der Waals surface area contributed by atoms with E-state index in [0.717, 1.165) is 10.6 Å². The number of ether oxygens (including phenoxy) is 1. The second-order valence-corrected chi connectivity index (χ2v) is 5.94. The first-order valence-corrected chi connectivity index (χ1v) is 6.76. The number of rotatable bonds is 5. The minimum Gasteiger partial charge on any atom is -0.497 e. The van der Waals surface area contributed by atoms with Crippen LogP contribution in [0, 0.1) is 0 Å². The second-order valence-electron chi connectivity index (χ2n) is 3.55. The molecule has 0 aliphatic heterocycles. The minimum atomic E-state index is -2.92. The van der Waals surface area contributed by atoms with Crippen molar-refractivity contribution in [1.82, 2.24) is 0 Å². The van der Waals surface area contributed by atoms with Gasteiger partial charge in [0.2, 0.25) is 0 Å². The lowest BCUT2D eigenvalue weighted by Crippen LogP contribution is -2.15. The molecule has 6 heteroatoms. The van der Waals surface area contributed by atoms with E-state index in [-0.39, 0.29) is 0 Å². The average Bonchev–Trinajstić information content (AvgIpc) is 2.16. The summed E-state index contributed by atoms with van der Waals surface area (Å²) in [5.74, 6) is 0.777. The summed E-state index contributed by atoms with van der Waals surface area (Å²) in [5, 5.41) is 0. The maximum Gasteiger partial charge on any atom is 0.317 e. The van der Waals surface area contributed by atoms with E-state index in [2.05, 4.69) is 0 Å². The van der Waals surface area contributed by atoms with Crippen molar-refractivity contribution < 1.29 is 18.7 Å². The average molecular weight is 262 g/mol. The summed E-state index contributed by atoms with van der Waals surface area (Å²) in [6, 6.07) is 7.42. The largest absolute Gasteiger partial charge is 0.497 e. The first-order chi connectivity index (χ1) is 7.43. The van der Waals surface area contributed by atoms with Crippen LogP contribution in [0.2, 0.25) is 0 Å². The summed E-state index contributed by atoms with van der Waals surface area (Å²) in [7, 11) is -1.31. The molecule has 0 radical (unpaired) electrons. The summed E-state index contributed by atoms with van der Waals surface area (Å²) in [6.07, 6.45) is 0. The summed E-state index contributed by atoms with van der Waals surface area (Å²) in [4.78, 5) is 8.97. The van der Waals surface area contributed by atoms with Gasteiger partial charge in [0.25, 0.3) is 0 Å². The van der Waals surface area contributed by atoms with Crippen LogP contribution >= 0.6 is 20.0 Å². The molecule has 16 heavy (non-hydrogen) atoms. The third-order valence-electron chi connectivity index (χ3n) is 1.76. The van der Waals surface area contributed by atoms with Crippen LogP contribution in [0.25, 0.3) is 0 Å². The van der Waals surface area contributed by atoms with Crippen molar-refractivity contribution in [2.45, 2.75) is 23.7 Å². The molecule has 90 valence electrons. The molecule has 1 rings (SSSR count). The Labute approximate surface area is 99.9 Å². The Morgan fingerprint density at radius 2 is 1.88 bits per heavy atom. The molecule has 0 heterocycles. The molecule has 1 aromatic rings. The fourth-order valence-corrected chi connectivity index (χ4v) is 2.80. The van der Waals surface area contributed by atoms with E-state index < -0.39 is 13.2 Å². The van der Waals surface area contributed by atoms with Gasteiger partial charge in [-0.2, -0.15) is 0 Å². The van der Waals surface area contributed by atoms with E-state index in [9.17, 15) is 4.57 Å². The van der Waals surface area contributed by atoms with Gasteiger partial charge < -0.3 is 9.63 Å². The summed E-state index contributed by atoms with van der Waals surface area (Å²) in [5.41, 5.74) is 0. The molecule has 0 amide bonds. The van der Waals surface area contributed by atoms with Crippen molar-refractivity contribution in [2.75, 3.05) is 7.11 Å². The smallest absolute Gasteiger partial charge is 0.317 e. The van der Waals surface area contributed by atoms with Crippen molar-refractivity contribution in [3.05, 3.63) is 24.3 Å². The SMILES string of the molecule is COc1ccc(SC(C)(C)O[PH](=O)O)cc1. The highest BCUT2D eigenvalue weighted by Crippen LogP contribution is 2.39. The molecule has 0 saturated carbocycles. The van der Waals surface area contributed by atoms with Gasteiger partial charge in [-0.05, 0) is 38.1 Å². The molecule has 0 saturated heterocycles. The van der Waals surface area contributed by atoms with Gasteiger partial charge in [-0.1, -0.05) is 11.8 Å². The third kappa shape index (κ3) is 4.58. The molecule has 0 fully saturated rings. The highest BCUT2D eigenvalue weighted by atomic mass is 32.2. The Hall–Kier alpha value is -0.480. The maximum atomic E-state index is 10.6. The van der Waals surface area contributed by atoms with Gasteiger partial charge in [0.05, 0.1) is 7.11 Å². The lowest BCUT2D eigenvalue weighted by atomic mass is 10.3. The summed E-state index contributed by atoms with van der Waals surface area (Å²) < 4.78 is 20.6. The normalized spacial score (nSPS) is 13.5. The van der Waals surface area contributed by atoms with E-state index in [1.165, 1.54) is 11.8 Å². The second kappa shape index (κ2) is 5.73. The number of hydrogen-bond acceptors (Lipinski definition) is 4. The fourth-order valence-electron chi connectivity index (χ4n) is 1.16. The molecular formula is C10H15O4PS. The lowest BCUT2D eigenvalue weighted by molar-refractivity contribution is 0.192. The highest BCUT2D eigenvalue weighted by Gasteiger charge is 2.22. The minimum absolute atomic E-state index is 0.723. The number of methoxy groups -OCH3 is 1. The number of thioether (sulfide) groups is 1. The Balaban J connectivity index is 2.68. The van der Waals surface area contributed by atoms with Gasteiger partial charge >= 0.3 is 8.25 Å². The molecule has 1 N–H and O–H groups in total. The van der Waals surface area contributed by atoms with Crippen molar-refractivity contribution in [2.24, 2.45) is 0 Å². The van der Waals surface area contributed by atoms with E-state index in [1.54, 1.807) is 21.0 Å². The number of benzene rings is 1. The van der Waals surface area contributed by atoms with Crippen LogP contribution < -0.4 is 4.74 Å². The van der Waals surface area contributed by atoms with E-state index in [4.69, 9.17) is 14.2 Å². The van der Waals surface area contributed by atoms with Crippen LogP contribution in [0.15, 0.2) is 29.2 Å². The molecule has 0 spiro atoms. The molecular weight excluding hydrogens is 247 g/mol. The maximum absolute atomic E-state index is 10.6. The predicted octanol–water partition coefficient (Wildman–Crippen LogP) is 2.92. The van der Waals surface area contributed by atoms with E-state index in [1.807, 2.05) is 24.3 Å². The van der Waals surface area contributed by atoms with Gasteiger partial charge in [-0.3, -0.25) is 9.09 Å². The predicted molar refractivity (Wildman–Crippen MR) is 65.2 cm³/mol. The third-order valence-corrected chi connectivity index (χ3v) is 3.67. The van der Waals surface area contributed by atoms with E-state index in [0.29, 0.717) is 0 Å². The zero-order chi connectivity index (χ0) is 12.2. The number of hydrogen-bond donors (Lipinski definition) is 1. The molecule has 0 aliphatic carbocycles. The van der Waals surface area contributed by atoms with Gasteiger partial charge in [-0.15, -0.1) is 0 Å². The van der Waals surface area contributed by atoms with Gasteiger partial charge in [0.15, 0.2) is 0 Å². The van der Waals surface area contributed by atoms with Crippen LogP contribution in [0.1, 0.15) is 13.8 Å². The highest BCUT2D eigenvalue weighted by molar-refractivity contribution is 8.00. The quantitative estimate of drug-likeness (QED) is 0.502. The molecule has 1 aromatic carbocycles. The topological polar surface area (TPSA) is 55.8 Å². The van der Waals surface area contributed by atoms with Crippen molar-refractivity contribution >= 4 is 20.0 Å². The molecule has 0 aromatic heterocycles.